The number of carbonyl (C=O) groups excluding carboxylic acids is 1. The van der Waals surface area contributed by atoms with Crippen LogP contribution in [0.1, 0.15) is 25.1 Å². The molecule has 2 amide bonds. The first-order valence-corrected chi connectivity index (χ1v) is 8.22. The Labute approximate surface area is 134 Å². The maximum Gasteiger partial charge on any atom is 0.318 e. The van der Waals surface area contributed by atoms with E-state index in [1.165, 1.54) is 0 Å². The van der Waals surface area contributed by atoms with Crippen LogP contribution in [-0.2, 0) is 11.3 Å². The topological polar surface area (TPSA) is 71.8 Å². The van der Waals surface area contributed by atoms with Gasteiger partial charge in [-0.25, -0.2) is 4.79 Å². The number of carbonyl (C=O) groups is 1. The minimum Gasteiger partial charge on any atom is -0.381 e. The van der Waals surface area contributed by atoms with Crippen LogP contribution in [-0.4, -0.2) is 51.3 Å². The third-order valence-electron chi connectivity index (χ3n) is 4.51. The zero-order valence-corrected chi connectivity index (χ0v) is 13.0. The van der Waals surface area contributed by atoms with Gasteiger partial charge in [-0.15, -0.1) is 10.2 Å². The quantitative estimate of drug-likeness (QED) is 0.906. The summed E-state index contributed by atoms with van der Waals surface area (Å²) in [5.74, 6) is 1.21. The zero-order chi connectivity index (χ0) is 15.6. The van der Waals surface area contributed by atoms with Crippen molar-refractivity contribution in [3.8, 4) is 0 Å². The van der Waals surface area contributed by atoms with E-state index in [9.17, 15) is 4.79 Å². The Morgan fingerprint density at radius 3 is 3.04 bits per heavy atom. The van der Waals surface area contributed by atoms with Crippen molar-refractivity contribution in [2.75, 3.05) is 19.8 Å². The van der Waals surface area contributed by atoms with E-state index in [1.807, 2.05) is 33.7 Å². The van der Waals surface area contributed by atoms with Crippen molar-refractivity contribution >= 4 is 11.7 Å². The van der Waals surface area contributed by atoms with Crippen LogP contribution in [0.15, 0.2) is 24.4 Å². The monoisotopic (exact) mass is 315 g/mol. The molecule has 4 rings (SSSR count). The Balaban J connectivity index is 1.39. The number of nitrogens with zero attached hydrogens (tertiary/aromatic N) is 4. The summed E-state index contributed by atoms with van der Waals surface area (Å²) >= 11 is 0. The van der Waals surface area contributed by atoms with Gasteiger partial charge < -0.3 is 15.0 Å². The van der Waals surface area contributed by atoms with E-state index in [4.69, 9.17) is 4.74 Å². The van der Waals surface area contributed by atoms with Gasteiger partial charge in [0, 0.05) is 31.3 Å². The number of pyridine rings is 1. The number of hydrogen-bond acceptors (Lipinski definition) is 4. The van der Waals surface area contributed by atoms with Crippen LogP contribution in [0.25, 0.3) is 5.65 Å². The van der Waals surface area contributed by atoms with Gasteiger partial charge in [0.1, 0.15) is 0 Å². The van der Waals surface area contributed by atoms with Crippen LogP contribution in [0.2, 0.25) is 0 Å². The molecule has 0 radical (unpaired) electrons. The molecule has 7 heteroatoms. The summed E-state index contributed by atoms with van der Waals surface area (Å²) in [4.78, 5) is 14.5. The van der Waals surface area contributed by atoms with Crippen LogP contribution in [0.3, 0.4) is 0 Å². The molecule has 0 unspecified atom stereocenters. The third-order valence-corrected chi connectivity index (χ3v) is 4.51. The number of aromatic nitrogens is 3. The summed E-state index contributed by atoms with van der Waals surface area (Å²) in [6, 6.07) is 6.13. The summed E-state index contributed by atoms with van der Waals surface area (Å²) in [5, 5.41) is 11.2. The Morgan fingerprint density at radius 2 is 2.26 bits per heavy atom. The second-order valence-electron chi connectivity index (χ2n) is 6.32. The Morgan fingerprint density at radius 1 is 1.35 bits per heavy atom. The van der Waals surface area contributed by atoms with E-state index in [0.29, 0.717) is 18.5 Å². The molecule has 2 aromatic heterocycles. The molecule has 1 N–H and O–H groups in total. The number of rotatable bonds is 5. The molecule has 0 bridgehead atoms. The van der Waals surface area contributed by atoms with Crippen LogP contribution >= 0.6 is 0 Å². The number of amides is 2. The average molecular weight is 315 g/mol. The summed E-state index contributed by atoms with van der Waals surface area (Å²) in [5.41, 5.74) is 0.791. The highest BCUT2D eigenvalue weighted by Gasteiger charge is 2.34. The van der Waals surface area contributed by atoms with Gasteiger partial charge in [-0.1, -0.05) is 6.07 Å². The first kappa shape index (κ1) is 14.4. The molecule has 1 aliphatic heterocycles. The van der Waals surface area contributed by atoms with Gasteiger partial charge in [-0.3, -0.25) is 4.40 Å². The molecular formula is C16H21N5O2. The standard InChI is InChI=1S/C16H21N5O2/c22-16(21(13-4-5-13)10-12-6-8-23-11-12)17-9-15-19-18-14-3-1-2-7-20(14)15/h1-3,7,12-13H,4-6,8-11H2,(H,17,22)/t12-/m0/s1. The van der Waals surface area contributed by atoms with Gasteiger partial charge in [0.25, 0.3) is 0 Å². The molecule has 3 heterocycles. The van der Waals surface area contributed by atoms with E-state index >= 15 is 0 Å². The van der Waals surface area contributed by atoms with Gasteiger partial charge >= 0.3 is 6.03 Å². The number of urea groups is 1. The van der Waals surface area contributed by atoms with Crippen molar-refractivity contribution in [1.29, 1.82) is 0 Å². The third kappa shape index (κ3) is 3.14. The average Bonchev–Trinajstić information content (AvgIpc) is 3.12. The summed E-state index contributed by atoms with van der Waals surface area (Å²) < 4.78 is 7.32. The maximum atomic E-state index is 12.6. The summed E-state index contributed by atoms with van der Waals surface area (Å²) in [6.45, 7) is 2.76. The molecule has 1 aliphatic carbocycles. The molecule has 2 aromatic rings. The fourth-order valence-electron chi connectivity index (χ4n) is 3.06. The lowest BCUT2D eigenvalue weighted by Gasteiger charge is -2.25. The van der Waals surface area contributed by atoms with Crippen LogP contribution in [0.5, 0.6) is 0 Å². The van der Waals surface area contributed by atoms with E-state index in [-0.39, 0.29) is 6.03 Å². The molecule has 1 atom stereocenters. The van der Waals surface area contributed by atoms with E-state index in [1.54, 1.807) is 0 Å². The highest BCUT2D eigenvalue weighted by molar-refractivity contribution is 5.74. The summed E-state index contributed by atoms with van der Waals surface area (Å²) in [7, 11) is 0. The lowest BCUT2D eigenvalue weighted by molar-refractivity contribution is 0.162. The van der Waals surface area contributed by atoms with E-state index in [0.717, 1.165) is 50.5 Å². The minimum absolute atomic E-state index is 0.00733. The predicted octanol–water partition coefficient (Wildman–Crippen LogP) is 1.44. The van der Waals surface area contributed by atoms with E-state index < -0.39 is 0 Å². The number of nitrogens with one attached hydrogen (secondary N) is 1. The number of fused-ring (bicyclic) bond motifs is 1. The second kappa shape index (κ2) is 6.16. The molecule has 122 valence electrons. The largest absolute Gasteiger partial charge is 0.381 e. The fourth-order valence-corrected chi connectivity index (χ4v) is 3.06. The molecule has 2 aliphatic rings. The van der Waals surface area contributed by atoms with Crippen molar-refractivity contribution in [1.82, 2.24) is 24.8 Å². The molecule has 23 heavy (non-hydrogen) atoms. The van der Waals surface area contributed by atoms with Gasteiger partial charge in [0.05, 0.1) is 13.2 Å². The lowest BCUT2D eigenvalue weighted by Crippen LogP contribution is -2.44. The maximum absolute atomic E-state index is 12.6. The Hall–Kier alpha value is -2.15. The van der Waals surface area contributed by atoms with Crippen molar-refractivity contribution in [3.05, 3.63) is 30.2 Å². The first-order valence-electron chi connectivity index (χ1n) is 8.22. The smallest absolute Gasteiger partial charge is 0.318 e. The minimum atomic E-state index is -0.00733. The van der Waals surface area contributed by atoms with Gasteiger partial charge in [-0.2, -0.15) is 0 Å². The summed E-state index contributed by atoms with van der Waals surface area (Å²) in [6.07, 6.45) is 5.17. The van der Waals surface area contributed by atoms with Crippen molar-refractivity contribution in [2.24, 2.45) is 5.92 Å². The van der Waals surface area contributed by atoms with Crippen molar-refractivity contribution < 1.29 is 9.53 Å². The molecule has 0 spiro atoms. The number of hydrogen-bond donors (Lipinski definition) is 1. The highest BCUT2D eigenvalue weighted by Crippen LogP contribution is 2.29. The highest BCUT2D eigenvalue weighted by atomic mass is 16.5. The van der Waals surface area contributed by atoms with Gasteiger partial charge in [0.15, 0.2) is 11.5 Å². The molecule has 1 saturated carbocycles. The Kier molecular flexibility index (Phi) is 3.87. The second-order valence-corrected chi connectivity index (χ2v) is 6.32. The van der Waals surface area contributed by atoms with Crippen molar-refractivity contribution in [2.45, 2.75) is 31.8 Å². The van der Waals surface area contributed by atoms with Crippen LogP contribution < -0.4 is 5.32 Å². The van der Waals surface area contributed by atoms with Gasteiger partial charge in [0.2, 0.25) is 0 Å². The SMILES string of the molecule is O=C(NCc1nnc2ccccn12)N(C[C@@H]1CCOC1)C1CC1. The molecule has 1 saturated heterocycles. The molecule has 2 fully saturated rings. The van der Waals surface area contributed by atoms with E-state index in [2.05, 4.69) is 15.5 Å². The van der Waals surface area contributed by atoms with Gasteiger partial charge in [-0.05, 0) is 31.4 Å². The molecule has 0 aromatic carbocycles. The van der Waals surface area contributed by atoms with Crippen LogP contribution in [0, 0.1) is 5.92 Å². The van der Waals surface area contributed by atoms with Crippen molar-refractivity contribution in [3.63, 3.8) is 0 Å². The molecule has 7 nitrogen and oxygen atoms in total. The Bertz CT molecular complexity index is 691. The number of ether oxygens (including phenoxy) is 1. The van der Waals surface area contributed by atoms with Crippen LogP contribution in [0.4, 0.5) is 4.79 Å². The zero-order valence-electron chi connectivity index (χ0n) is 13.0. The molecular weight excluding hydrogens is 294 g/mol. The fraction of sp³-hybridized carbons (Fsp3) is 0.562. The lowest BCUT2D eigenvalue weighted by atomic mass is 10.1. The normalized spacial score (nSPS) is 20.8. The first-order chi connectivity index (χ1) is 11.3. The predicted molar refractivity (Wildman–Crippen MR) is 83.9 cm³/mol.